The lowest BCUT2D eigenvalue weighted by Gasteiger charge is -2.10. The third-order valence-corrected chi connectivity index (χ3v) is 2.11. The van der Waals surface area contributed by atoms with E-state index in [4.69, 9.17) is 5.73 Å². The maximum atomic E-state index is 10.8. The van der Waals surface area contributed by atoms with Crippen molar-refractivity contribution in [1.29, 1.82) is 0 Å². The van der Waals surface area contributed by atoms with Gasteiger partial charge >= 0.3 is 6.03 Å². The highest BCUT2D eigenvalue weighted by Crippen LogP contribution is 2.22. The Hall–Kier alpha value is -1.85. The second kappa shape index (κ2) is 2.58. The standard InChI is InChI=1S/C7H8N4O2/c8-7(13)11-1-4-5(2-11)9-10-6(4)3-12/h3H,1-2H2,(H2,8,13)(H,9,10). The first kappa shape index (κ1) is 7.78. The summed E-state index contributed by atoms with van der Waals surface area (Å²) < 4.78 is 0. The number of fused-ring (bicyclic) bond motifs is 1. The van der Waals surface area contributed by atoms with E-state index in [1.165, 1.54) is 4.90 Å². The quantitative estimate of drug-likeness (QED) is 0.577. The topological polar surface area (TPSA) is 92.1 Å². The number of primary amides is 1. The molecule has 6 heteroatoms. The Balaban J connectivity index is 2.30. The Bertz CT molecular complexity index is 371. The molecule has 2 rings (SSSR count). The predicted molar refractivity (Wildman–Crippen MR) is 42.8 cm³/mol. The van der Waals surface area contributed by atoms with Gasteiger partial charge in [-0.15, -0.1) is 0 Å². The van der Waals surface area contributed by atoms with Gasteiger partial charge < -0.3 is 10.6 Å². The van der Waals surface area contributed by atoms with Gasteiger partial charge in [0, 0.05) is 5.56 Å². The monoisotopic (exact) mass is 180 g/mol. The van der Waals surface area contributed by atoms with Crippen LogP contribution in [0.4, 0.5) is 4.79 Å². The summed E-state index contributed by atoms with van der Waals surface area (Å²) in [5, 5.41) is 6.47. The highest BCUT2D eigenvalue weighted by Gasteiger charge is 2.26. The number of nitrogens with zero attached hydrogens (tertiary/aromatic N) is 2. The van der Waals surface area contributed by atoms with E-state index < -0.39 is 6.03 Å². The molecule has 13 heavy (non-hydrogen) atoms. The molecule has 2 amide bonds. The first-order valence-electron chi connectivity index (χ1n) is 3.78. The lowest BCUT2D eigenvalue weighted by Crippen LogP contribution is -2.31. The van der Waals surface area contributed by atoms with Gasteiger partial charge in [-0.05, 0) is 0 Å². The second-order valence-electron chi connectivity index (χ2n) is 2.88. The third-order valence-electron chi connectivity index (χ3n) is 2.11. The van der Waals surface area contributed by atoms with Crippen molar-refractivity contribution in [2.75, 3.05) is 0 Å². The Morgan fingerprint density at radius 1 is 1.62 bits per heavy atom. The number of aromatic nitrogens is 2. The van der Waals surface area contributed by atoms with E-state index in [9.17, 15) is 9.59 Å². The number of nitrogens with one attached hydrogen (secondary N) is 1. The fraction of sp³-hybridized carbons (Fsp3) is 0.286. The minimum atomic E-state index is -0.485. The largest absolute Gasteiger partial charge is 0.351 e. The van der Waals surface area contributed by atoms with E-state index in [0.717, 1.165) is 11.3 Å². The number of nitrogens with two attached hydrogens (primary N) is 1. The SMILES string of the molecule is NC(=O)N1Cc2[nH]nc(C=O)c2C1. The molecule has 0 atom stereocenters. The normalized spacial score (nSPS) is 14.3. The van der Waals surface area contributed by atoms with E-state index in [1.807, 2.05) is 0 Å². The number of amides is 2. The maximum Gasteiger partial charge on any atom is 0.315 e. The number of aldehydes is 1. The van der Waals surface area contributed by atoms with Gasteiger partial charge in [-0.1, -0.05) is 0 Å². The molecule has 0 spiro atoms. The molecule has 0 saturated heterocycles. The zero-order valence-electron chi connectivity index (χ0n) is 6.78. The molecule has 3 N–H and O–H groups in total. The molecule has 1 aliphatic rings. The molecule has 68 valence electrons. The Morgan fingerprint density at radius 3 is 3.00 bits per heavy atom. The van der Waals surface area contributed by atoms with Crippen LogP contribution in [0.25, 0.3) is 0 Å². The molecule has 1 aromatic heterocycles. The molecule has 0 bridgehead atoms. The van der Waals surface area contributed by atoms with Crippen LogP contribution < -0.4 is 5.73 Å². The Labute approximate surface area is 73.7 Å². The van der Waals surface area contributed by atoms with Crippen molar-refractivity contribution in [3.63, 3.8) is 0 Å². The van der Waals surface area contributed by atoms with Crippen molar-refractivity contribution >= 4 is 12.3 Å². The lowest BCUT2D eigenvalue weighted by molar-refractivity contribution is 0.111. The van der Waals surface area contributed by atoms with Gasteiger partial charge in [0.15, 0.2) is 6.29 Å². The van der Waals surface area contributed by atoms with Gasteiger partial charge in [-0.3, -0.25) is 9.89 Å². The zero-order chi connectivity index (χ0) is 9.42. The summed E-state index contributed by atoms with van der Waals surface area (Å²) in [7, 11) is 0. The second-order valence-corrected chi connectivity index (χ2v) is 2.88. The summed E-state index contributed by atoms with van der Waals surface area (Å²) >= 11 is 0. The zero-order valence-corrected chi connectivity index (χ0v) is 6.78. The number of hydrogen-bond acceptors (Lipinski definition) is 3. The van der Waals surface area contributed by atoms with E-state index in [0.29, 0.717) is 25.1 Å². The fourth-order valence-corrected chi connectivity index (χ4v) is 1.42. The number of rotatable bonds is 1. The highest BCUT2D eigenvalue weighted by molar-refractivity contribution is 5.77. The van der Waals surface area contributed by atoms with Crippen LogP contribution in [0.1, 0.15) is 21.7 Å². The van der Waals surface area contributed by atoms with Crippen LogP contribution in [0.3, 0.4) is 0 Å². The molecule has 0 unspecified atom stereocenters. The van der Waals surface area contributed by atoms with Gasteiger partial charge in [-0.25, -0.2) is 4.79 Å². The predicted octanol–water partition coefficient (Wildman–Crippen LogP) is -0.383. The molecule has 1 aliphatic heterocycles. The van der Waals surface area contributed by atoms with Crippen LogP contribution in [-0.4, -0.2) is 27.4 Å². The molecule has 1 aromatic rings. The van der Waals surface area contributed by atoms with E-state index >= 15 is 0 Å². The van der Waals surface area contributed by atoms with Crippen molar-refractivity contribution < 1.29 is 9.59 Å². The minimum Gasteiger partial charge on any atom is -0.351 e. The number of H-pyrrole nitrogens is 1. The van der Waals surface area contributed by atoms with Gasteiger partial charge in [-0.2, -0.15) is 5.10 Å². The molecule has 6 nitrogen and oxygen atoms in total. The van der Waals surface area contributed by atoms with E-state index in [-0.39, 0.29) is 0 Å². The van der Waals surface area contributed by atoms with Gasteiger partial charge in [0.2, 0.25) is 0 Å². The summed E-state index contributed by atoms with van der Waals surface area (Å²) in [6.45, 7) is 0.779. The highest BCUT2D eigenvalue weighted by atomic mass is 16.2. The van der Waals surface area contributed by atoms with Crippen molar-refractivity contribution in [3.8, 4) is 0 Å². The van der Waals surface area contributed by atoms with E-state index in [2.05, 4.69) is 10.2 Å². The minimum absolute atomic E-state index is 0.360. The fourth-order valence-electron chi connectivity index (χ4n) is 1.42. The van der Waals surface area contributed by atoms with Crippen LogP contribution in [0.15, 0.2) is 0 Å². The average Bonchev–Trinajstić information content (AvgIpc) is 2.60. The van der Waals surface area contributed by atoms with Gasteiger partial charge in [0.25, 0.3) is 0 Å². The Morgan fingerprint density at radius 2 is 2.38 bits per heavy atom. The molecular weight excluding hydrogens is 172 g/mol. The number of aromatic amines is 1. The smallest absolute Gasteiger partial charge is 0.315 e. The molecular formula is C7H8N4O2. The summed E-state index contributed by atoms with van der Waals surface area (Å²) in [6.07, 6.45) is 0.666. The van der Waals surface area contributed by atoms with Crippen LogP contribution in [0.5, 0.6) is 0 Å². The summed E-state index contributed by atoms with van der Waals surface area (Å²) in [5.74, 6) is 0. The van der Waals surface area contributed by atoms with Crippen molar-refractivity contribution in [2.24, 2.45) is 5.73 Å². The molecule has 0 radical (unpaired) electrons. The molecule has 0 aliphatic carbocycles. The summed E-state index contributed by atoms with van der Waals surface area (Å²) in [4.78, 5) is 22.7. The first-order valence-corrected chi connectivity index (χ1v) is 3.78. The van der Waals surface area contributed by atoms with Crippen molar-refractivity contribution in [2.45, 2.75) is 13.1 Å². The summed E-state index contributed by atoms with van der Waals surface area (Å²) in [6, 6.07) is -0.485. The molecule has 2 heterocycles. The van der Waals surface area contributed by atoms with Crippen LogP contribution in [0, 0.1) is 0 Å². The first-order chi connectivity index (χ1) is 6.22. The van der Waals surface area contributed by atoms with Crippen molar-refractivity contribution in [1.82, 2.24) is 15.1 Å². The number of carbonyl (C=O) groups excluding carboxylic acids is 2. The molecule has 0 saturated carbocycles. The van der Waals surface area contributed by atoms with Crippen LogP contribution in [-0.2, 0) is 13.1 Å². The lowest BCUT2D eigenvalue weighted by atomic mass is 10.2. The molecule has 0 fully saturated rings. The maximum absolute atomic E-state index is 10.8. The molecule has 0 aromatic carbocycles. The Kier molecular flexibility index (Phi) is 1.54. The number of urea groups is 1. The number of carbonyl (C=O) groups is 2. The van der Waals surface area contributed by atoms with Crippen LogP contribution >= 0.6 is 0 Å². The van der Waals surface area contributed by atoms with Gasteiger partial charge in [0.05, 0.1) is 18.8 Å². The van der Waals surface area contributed by atoms with E-state index in [1.54, 1.807) is 0 Å². The third kappa shape index (κ3) is 1.07. The van der Waals surface area contributed by atoms with Gasteiger partial charge in [0.1, 0.15) is 5.69 Å². The summed E-state index contributed by atoms with van der Waals surface area (Å²) in [5.41, 5.74) is 7.02. The number of hydrogen-bond donors (Lipinski definition) is 2. The van der Waals surface area contributed by atoms with Crippen molar-refractivity contribution in [3.05, 3.63) is 17.0 Å². The average molecular weight is 180 g/mol. The van der Waals surface area contributed by atoms with Crippen LogP contribution in [0.2, 0.25) is 0 Å².